The molecule has 58 valence electrons. The maximum Gasteiger partial charge on any atom is 0.135 e. The van der Waals surface area contributed by atoms with Crippen molar-refractivity contribution in [2.24, 2.45) is 0 Å². The van der Waals surface area contributed by atoms with Gasteiger partial charge in [-0.15, -0.1) is 0 Å². The fourth-order valence-corrected chi connectivity index (χ4v) is 1.36. The zero-order valence-corrected chi connectivity index (χ0v) is 6.93. The monoisotopic (exact) mass is 169 g/mol. The minimum atomic E-state index is -0.161. The maximum absolute atomic E-state index is 5.86. The Morgan fingerprint density at radius 3 is 3.00 bits per heavy atom. The van der Waals surface area contributed by atoms with Crippen LogP contribution in [0.5, 0.6) is 0 Å². The highest BCUT2D eigenvalue weighted by atomic mass is 35.5. The molecule has 3 heteroatoms. The Labute approximate surface area is 70.2 Å². The Morgan fingerprint density at radius 1 is 1.73 bits per heavy atom. The number of aromatic nitrogens is 1. The fraction of sp³-hybridized carbons (Fsp3) is 0.375. The molecular formula is C8H8ClNO. The molecule has 0 radical (unpaired) electrons. The molecule has 0 spiro atoms. The molecule has 1 unspecified atom stereocenters. The van der Waals surface area contributed by atoms with Gasteiger partial charge in [0, 0.05) is 11.8 Å². The summed E-state index contributed by atoms with van der Waals surface area (Å²) in [5, 5.41) is 0.549. The number of halogens is 1. The zero-order valence-electron chi connectivity index (χ0n) is 6.17. The van der Waals surface area contributed by atoms with Crippen LogP contribution >= 0.6 is 11.6 Å². The molecule has 1 aliphatic heterocycles. The van der Waals surface area contributed by atoms with Crippen molar-refractivity contribution < 1.29 is 4.74 Å². The third-order valence-corrected chi connectivity index (χ3v) is 2.21. The Bertz CT molecular complexity index is 283. The number of rotatable bonds is 1. The number of nitrogens with zero attached hydrogens (tertiary/aromatic N) is 1. The topological polar surface area (TPSA) is 25.4 Å². The van der Waals surface area contributed by atoms with E-state index >= 15 is 0 Å². The van der Waals surface area contributed by atoms with Crippen LogP contribution in [0.4, 0.5) is 0 Å². The summed E-state index contributed by atoms with van der Waals surface area (Å²) < 4.78 is 5.24. The van der Waals surface area contributed by atoms with Gasteiger partial charge in [-0.25, -0.2) is 4.98 Å². The van der Waals surface area contributed by atoms with Gasteiger partial charge in [0.1, 0.15) is 10.8 Å². The molecule has 1 saturated heterocycles. The molecule has 2 nitrogen and oxygen atoms in total. The van der Waals surface area contributed by atoms with E-state index in [4.69, 9.17) is 16.3 Å². The van der Waals surface area contributed by atoms with Crippen LogP contribution in [0.25, 0.3) is 0 Å². The van der Waals surface area contributed by atoms with Crippen LogP contribution in [0.2, 0.25) is 5.15 Å². The van der Waals surface area contributed by atoms with Crippen LogP contribution in [0.1, 0.15) is 12.5 Å². The summed E-state index contributed by atoms with van der Waals surface area (Å²) in [7, 11) is 0. The molecule has 1 fully saturated rings. The van der Waals surface area contributed by atoms with Crippen LogP contribution in [-0.4, -0.2) is 11.6 Å². The first kappa shape index (κ1) is 7.07. The third kappa shape index (κ3) is 1.12. The Morgan fingerprint density at radius 2 is 2.45 bits per heavy atom. The Balaban J connectivity index is 2.45. The molecule has 0 aliphatic carbocycles. The first-order chi connectivity index (χ1) is 5.22. The molecule has 0 amide bonds. The predicted octanol–water partition coefficient (Wildman–Crippen LogP) is 1.98. The number of hydrogen-bond donors (Lipinski definition) is 0. The molecule has 1 aromatic heterocycles. The maximum atomic E-state index is 5.86. The summed E-state index contributed by atoms with van der Waals surface area (Å²) in [6.45, 7) is 2.76. The van der Waals surface area contributed by atoms with Crippen molar-refractivity contribution in [3.8, 4) is 0 Å². The van der Waals surface area contributed by atoms with Crippen LogP contribution in [0, 0.1) is 0 Å². The van der Waals surface area contributed by atoms with Crippen molar-refractivity contribution in [1.82, 2.24) is 4.98 Å². The van der Waals surface area contributed by atoms with Gasteiger partial charge in [-0.3, -0.25) is 0 Å². The molecule has 0 bridgehead atoms. The quantitative estimate of drug-likeness (QED) is 0.475. The number of epoxide rings is 1. The summed E-state index contributed by atoms with van der Waals surface area (Å²) >= 11 is 5.86. The average molecular weight is 170 g/mol. The van der Waals surface area contributed by atoms with E-state index in [0.717, 1.165) is 12.2 Å². The largest absolute Gasteiger partial charge is 0.365 e. The smallest absolute Gasteiger partial charge is 0.135 e. The van der Waals surface area contributed by atoms with Gasteiger partial charge in [0.25, 0.3) is 0 Å². The van der Waals surface area contributed by atoms with E-state index in [1.165, 1.54) is 0 Å². The number of pyridine rings is 1. The van der Waals surface area contributed by atoms with Gasteiger partial charge in [0.05, 0.1) is 6.61 Å². The lowest BCUT2D eigenvalue weighted by atomic mass is 10.1. The van der Waals surface area contributed by atoms with E-state index in [1.807, 2.05) is 19.1 Å². The molecule has 0 N–H and O–H groups in total. The minimum Gasteiger partial charge on any atom is -0.365 e. The fourth-order valence-electron chi connectivity index (χ4n) is 1.04. The van der Waals surface area contributed by atoms with Gasteiger partial charge < -0.3 is 4.74 Å². The molecular weight excluding hydrogens is 162 g/mol. The SMILES string of the molecule is CC1(c2cccnc2Cl)CO1. The minimum absolute atomic E-state index is 0.161. The third-order valence-electron chi connectivity index (χ3n) is 1.91. The summed E-state index contributed by atoms with van der Waals surface area (Å²) in [5.74, 6) is 0. The van der Waals surface area contributed by atoms with Gasteiger partial charge >= 0.3 is 0 Å². The van der Waals surface area contributed by atoms with Crippen molar-refractivity contribution in [2.75, 3.05) is 6.61 Å². The highest BCUT2D eigenvalue weighted by molar-refractivity contribution is 6.30. The van der Waals surface area contributed by atoms with E-state index in [2.05, 4.69) is 4.98 Å². The lowest BCUT2D eigenvalue weighted by molar-refractivity contribution is 0.329. The van der Waals surface area contributed by atoms with E-state index < -0.39 is 0 Å². The molecule has 2 rings (SSSR count). The summed E-state index contributed by atoms with van der Waals surface area (Å²) in [4.78, 5) is 3.97. The molecule has 1 aliphatic rings. The standard InChI is InChI=1S/C8H8ClNO/c1-8(5-11-8)6-3-2-4-10-7(6)9/h2-4H,5H2,1H3. The van der Waals surface area contributed by atoms with Crippen molar-refractivity contribution in [3.63, 3.8) is 0 Å². The van der Waals surface area contributed by atoms with E-state index in [0.29, 0.717) is 5.15 Å². The molecule has 11 heavy (non-hydrogen) atoms. The van der Waals surface area contributed by atoms with Gasteiger partial charge in [-0.05, 0) is 13.0 Å². The van der Waals surface area contributed by atoms with Crippen molar-refractivity contribution in [1.29, 1.82) is 0 Å². The second kappa shape index (κ2) is 2.19. The van der Waals surface area contributed by atoms with Gasteiger partial charge in [0.15, 0.2) is 0 Å². The summed E-state index contributed by atoms with van der Waals surface area (Å²) in [6.07, 6.45) is 1.68. The van der Waals surface area contributed by atoms with Crippen LogP contribution in [-0.2, 0) is 10.3 Å². The van der Waals surface area contributed by atoms with Gasteiger partial charge in [-0.1, -0.05) is 17.7 Å². The second-order valence-electron chi connectivity index (χ2n) is 2.86. The number of ether oxygens (including phenoxy) is 1. The van der Waals surface area contributed by atoms with E-state index in [1.54, 1.807) is 6.20 Å². The summed E-state index contributed by atoms with van der Waals surface area (Å²) in [5.41, 5.74) is 0.826. The highest BCUT2D eigenvalue weighted by Gasteiger charge is 2.42. The summed E-state index contributed by atoms with van der Waals surface area (Å²) in [6, 6.07) is 3.82. The lowest BCUT2D eigenvalue weighted by Crippen LogP contribution is -2.03. The van der Waals surface area contributed by atoms with Crippen LogP contribution in [0.15, 0.2) is 18.3 Å². The lowest BCUT2D eigenvalue weighted by Gasteiger charge is -2.05. The van der Waals surface area contributed by atoms with Crippen molar-refractivity contribution in [3.05, 3.63) is 29.0 Å². The van der Waals surface area contributed by atoms with E-state index in [-0.39, 0.29) is 5.60 Å². The van der Waals surface area contributed by atoms with Gasteiger partial charge in [-0.2, -0.15) is 0 Å². The molecule has 0 saturated carbocycles. The number of hydrogen-bond acceptors (Lipinski definition) is 2. The molecule has 0 aromatic carbocycles. The molecule has 2 heterocycles. The zero-order chi connectivity index (χ0) is 7.90. The van der Waals surface area contributed by atoms with Crippen molar-refractivity contribution >= 4 is 11.6 Å². The van der Waals surface area contributed by atoms with Crippen LogP contribution < -0.4 is 0 Å². The molecule has 1 aromatic rings. The Hall–Kier alpha value is -0.600. The first-order valence-electron chi connectivity index (χ1n) is 3.47. The second-order valence-corrected chi connectivity index (χ2v) is 3.22. The predicted molar refractivity (Wildman–Crippen MR) is 42.6 cm³/mol. The molecule has 1 atom stereocenters. The Kier molecular flexibility index (Phi) is 1.41. The van der Waals surface area contributed by atoms with Gasteiger partial charge in [0.2, 0.25) is 0 Å². The van der Waals surface area contributed by atoms with Crippen molar-refractivity contribution in [2.45, 2.75) is 12.5 Å². The van der Waals surface area contributed by atoms with E-state index in [9.17, 15) is 0 Å². The normalized spacial score (nSPS) is 28.5. The first-order valence-corrected chi connectivity index (χ1v) is 3.85. The average Bonchev–Trinajstić information content (AvgIpc) is 2.70. The van der Waals surface area contributed by atoms with Crippen LogP contribution in [0.3, 0.4) is 0 Å². The highest BCUT2D eigenvalue weighted by Crippen LogP contribution is 2.40.